The molecule has 0 saturated heterocycles. The van der Waals surface area contributed by atoms with Gasteiger partial charge >= 0.3 is 0 Å². The second-order valence-electron chi connectivity index (χ2n) is 3.78. The Morgan fingerprint density at radius 1 is 1.24 bits per heavy atom. The summed E-state index contributed by atoms with van der Waals surface area (Å²) >= 11 is 17.2. The molecule has 1 aromatic carbocycles. The van der Waals surface area contributed by atoms with Gasteiger partial charge < -0.3 is 4.74 Å². The van der Waals surface area contributed by atoms with Crippen LogP contribution in [0.3, 0.4) is 0 Å². The maximum atomic E-state index is 5.72. The summed E-state index contributed by atoms with van der Waals surface area (Å²) in [7, 11) is 3.19. The van der Waals surface area contributed by atoms with Crippen LogP contribution < -0.4 is 4.74 Å². The summed E-state index contributed by atoms with van der Waals surface area (Å²) in [5, 5.41) is 0. The Kier molecular flexibility index (Phi) is 6.89. The minimum atomic E-state index is -1.74. The Balaban J connectivity index is 2.94. The molecule has 0 amide bonds. The highest BCUT2D eigenvalue weighted by molar-refractivity contribution is 6.77. The number of aliphatic imine (C=N–C) groups is 3. The van der Waals surface area contributed by atoms with Gasteiger partial charge in [0.1, 0.15) is 11.6 Å². The van der Waals surface area contributed by atoms with Crippen molar-refractivity contribution in [2.45, 2.75) is 3.79 Å². The first kappa shape index (κ1) is 17.7. The number of benzene rings is 1. The number of nitrogens with zero attached hydrogens (tertiary/aromatic N) is 3. The van der Waals surface area contributed by atoms with Gasteiger partial charge in [0.2, 0.25) is 3.79 Å². The third kappa shape index (κ3) is 5.87. The molecule has 0 aliphatic heterocycles. The van der Waals surface area contributed by atoms with E-state index in [0.717, 1.165) is 11.3 Å². The molecule has 0 aromatic heterocycles. The van der Waals surface area contributed by atoms with Crippen LogP contribution in [0.15, 0.2) is 45.3 Å². The molecule has 0 fully saturated rings. The summed E-state index contributed by atoms with van der Waals surface area (Å²) in [5.41, 5.74) is 0.953. The summed E-state index contributed by atoms with van der Waals surface area (Å²) < 4.78 is 3.34. The fourth-order valence-corrected chi connectivity index (χ4v) is 1.65. The van der Waals surface area contributed by atoms with Gasteiger partial charge in [-0.25, -0.2) is 9.98 Å². The minimum absolute atomic E-state index is 0.0347. The van der Waals surface area contributed by atoms with Gasteiger partial charge in [-0.15, -0.1) is 0 Å². The minimum Gasteiger partial charge on any atom is -0.497 e. The molecule has 0 N–H and O–H groups in total. The monoisotopic (exact) mass is 345 g/mol. The third-order valence-corrected chi connectivity index (χ3v) is 2.90. The van der Waals surface area contributed by atoms with E-state index in [1.807, 2.05) is 30.3 Å². The zero-order valence-corrected chi connectivity index (χ0v) is 13.8. The number of hydrogen-bond acceptors (Lipinski definition) is 2. The van der Waals surface area contributed by atoms with Crippen LogP contribution in [0.5, 0.6) is 5.75 Å². The maximum absolute atomic E-state index is 5.72. The lowest BCUT2D eigenvalue weighted by Crippen LogP contribution is -2.17. The van der Waals surface area contributed by atoms with Gasteiger partial charge in [0.15, 0.2) is 5.84 Å². The molecule has 0 atom stereocenters. The van der Waals surface area contributed by atoms with E-state index in [2.05, 4.69) is 21.7 Å². The van der Waals surface area contributed by atoms with Crippen molar-refractivity contribution in [1.82, 2.24) is 0 Å². The predicted molar refractivity (Wildman–Crippen MR) is 92.7 cm³/mol. The molecule has 0 radical (unpaired) electrons. The second kappa shape index (κ2) is 8.17. The number of rotatable bonds is 3. The summed E-state index contributed by atoms with van der Waals surface area (Å²) in [5.74, 6) is 1.11. The van der Waals surface area contributed by atoms with Gasteiger partial charge in [-0.2, -0.15) is 0 Å². The van der Waals surface area contributed by atoms with Crippen LogP contribution in [-0.2, 0) is 0 Å². The average molecular weight is 347 g/mol. The lowest BCUT2D eigenvalue weighted by Gasteiger charge is -2.09. The number of methoxy groups -OCH3 is 1. The lowest BCUT2D eigenvalue weighted by molar-refractivity contribution is 0.415. The van der Waals surface area contributed by atoms with Crippen molar-refractivity contribution in [3.8, 4) is 5.75 Å². The molecular formula is C14H14Cl3N3O. The largest absolute Gasteiger partial charge is 0.497 e. The maximum Gasteiger partial charge on any atom is 0.250 e. The molecule has 0 saturated carbocycles. The predicted octanol–water partition coefficient (Wildman–Crippen LogP) is 4.21. The van der Waals surface area contributed by atoms with E-state index in [1.54, 1.807) is 20.2 Å². The zero-order valence-electron chi connectivity index (χ0n) is 11.6. The Morgan fingerprint density at radius 3 is 2.29 bits per heavy atom. The van der Waals surface area contributed by atoms with Gasteiger partial charge in [-0.05, 0) is 30.5 Å². The van der Waals surface area contributed by atoms with Crippen molar-refractivity contribution in [1.29, 1.82) is 0 Å². The molecule has 0 heterocycles. The Morgan fingerprint density at radius 2 is 1.86 bits per heavy atom. The molecule has 112 valence electrons. The number of amidine groups is 2. The van der Waals surface area contributed by atoms with Crippen LogP contribution in [0.4, 0.5) is 0 Å². The lowest BCUT2D eigenvalue weighted by atomic mass is 10.2. The van der Waals surface area contributed by atoms with Crippen LogP contribution in [0.2, 0.25) is 0 Å². The van der Waals surface area contributed by atoms with Gasteiger partial charge in [0.25, 0.3) is 0 Å². The smallest absolute Gasteiger partial charge is 0.250 e. The number of ether oxygens (including phenoxy) is 1. The standard InChI is InChI=1S/C14H14Cl3N3O/c1-18-12(20-13(19-2)14(15,16)17)9-6-10-4-7-11(21-3)8-5-10/h4-9H,2H2,1,3H3/b9-6-,18-12-,20-13-. The molecule has 1 rings (SSSR count). The normalized spacial score (nSPS) is 13.6. The summed E-state index contributed by atoms with van der Waals surface area (Å²) in [6.45, 7) is 3.33. The van der Waals surface area contributed by atoms with E-state index >= 15 is 0 Å². The average Bonchev–Trinajstić information content (AvgIpc) is 2.46. The quantitative estimate of drug-likeness (QED) is 0.459. The van der Waals surface area contributed by atoms with Gasteiger partial charge in [0.05, 0.1) is 7.11 Å². The van der Waals surface area contributed by atoms with Crippen LogP contribution >= 0.6 is 34.8 Å². The van der Waals surface area contributed by atoms with Crippen molar-refractivity contribution in [2.24, 2.45) is 15.0 Å². The fourth-order valence-electron chi connectivity index (χ4n) is 1.34. The highest BCUT2D eigenvalue weighted by Crippen LogP contribution is 2.28. The van der Waals surface area contributed by atoms with Crippen molar-refractivity contribution < 1.29 is 4.74 Å². The fraction of sp³-hybridized carbons (Fsp3) is 0.214. The van der Waals surface area contributed by atoms with Gasteiger partial charge in [0, 0.05) is 7.05 Å². The van der Waals surface area contributed by atoms with Gasteiger partial charge in [-0.3, -0.25) is 4.99 Å². The molecule has 0 aliphatic rings. The second-order valence-corrected chi connectivity index (χ2v) is 6.06. The van der Waals surface area contributed by atoms with Crippen LogP contribution in [0.25, 0.3) is 6.08 Å². The Hall–Kier alpha value is -1.36. The SMILES string of the molecule is C=N\C(=N/C(/C=C\c1ccc(OC)cc1)=N\C)C(Cl)(Cl)Cl. The van der Waals surface area contributed by atoms with Crippen molar-refractivity contribution in [3.63, 3.8) is 0 Å². The summed E-state index contributed by atoms with van der Waals surface area (Å²) in [6, 6.07) is 7.50. The molecule has 21 heavy (non-hydrogen) atoms. The highest BCUT2D eigenvalue weighted by Gasteiger charge is 2.27. The van der Waals surface area contributed by atoms with E-state index in [0.29, 0.717) is 5.84 Å². The molecule has 7 heteroatoms. The zero-order chi connectivity index (χ0) is 15.9. The molecule has 0 spiro atoms. The van der Waals surface area contributed by atoms with Crippen LogP contribution in [0.1, 0.15) is 5.56 Å². The van der Waals surface area contributed by atoms with Crippen molar-refractivity contribution >= 4 is 59.3 Å². The summed E-state index contributed by atoms with van der Waals surface area (Å²) in [4.78, 5) is 11.7. The van der Waals surface area contributed by atoms with Crippen LogP contribution in [0, 0.1) is 0 Å². The number of halogens is 3. The molecule has 4 nitrogen and oxygen atoms in total. The molecule has 1 aromatic rings. The van der Waals surface area contributed by atoms with E-state index in [4.69, 9.17) is 39.5 Å². The van der Waals surface area contributed by atoms with E-state index < -0.39 is 3.79 Å². The highest BCUT2D eigenvalue weighted by atomic mass is 35.6. The topological polar surface area (TPSA) is 46.3 Å². The summed E-state index contributed by atoms with van der Waals surface area (Å²) in [6.07, 6.45) is 3.51. The van der Waals surface area contributed by atoms with E-state index in [9.17, 15) is 0 Å². The van der Waals surface area contributed by atoms with Crippen molar-refractivity contribution in [3.05, 3.63) is 35.9 Å². The first-order chi connectivity index (χ1) is 9.90. The van der Waals surface area contributed by atoms with Crippen molar-refractivity contribution in [2.75, 3.05) is 14.2 Å². The van der Waals surface area contributed by atoms with E-state index in [1.165, 1.54) is 0 Å². The van der Waals surface area contributed by atoms with Gasteiger partial charge in [-0.1, -0.05) is 53.0 Å². The van der Waals surface area contributed by atoms with Crippen LogP contribution in [-0.4, -0.2) is 36.3 Å². The molecule has 0 unspecified atom stereocenters. The Labute approximate surface area is 138 Å². The van der Waals surface area contributed by atoms with E-state index in [-0.39, 0.29) is 5.84 Å². The molecular weight excluding hydrogens is 333 g/mol. The number of alkyl halides is 3. The molecule has 0 aliphatic carbocycles. The first-order valence-electron chi connectivity index (χ1n) is 5.82. The third-order valence-electron chi connectivity index (χ3n) is 2.39. The Bertz CT molecular complexity index is 572. The molecule has 0 bridgehead atoms. The first-order valence-corrected chi connectivity index (χ1v) is 6.95. The number of hydrogen-bond donors (Lipinski definition) is 0.